The van der Waals surface area contributed by atoms with Gasteiger partial charge in [-0.2, -0.15) is 0 Å². The van der Waals surface area contributed by atoms with Crippen LogP contribution in [0, 0.1) is 0 Å². The Morgan fingerprint density at radius 2 is 1.65 bits per heavy atom. The van der Waals surface area contributed by atoms with E-state index in [1.165, 1.54) is 12.0 Å². The summed E-state index contributed by atoms with van der Waals surface area (Å²) in [4.78, 5) is 0. The number of nitrogens with zero attached hydrogens (tertiary/aromatic N) is 3. The van der Waals surface area contributed by atoms with Crippen LogP contribution in [0.1, 0.15) is 30.7 Å². The molecule has 4 rings (SSSR count). The maximum absolute atomic E-state index is 6.05. The van der Waals surface area contributed by atoms with E-state index in [0.29, 0.717) is 0 Å². The van der Waals surface area contributed by atoms with Crippen LogP contribution in [0.25, 0.3) is 11.4 Å². The van der Waals surface area contributed by atoms with Crippen LogP contribution >= 0.6 is 11.6 Å². The second-order valence-corrected chi connectivity index (χ2v) is 6.65. The molecule has 0 unspecified atom stereocenters. The average Bonchev–Trinajstić information content (AvgIpc) is 2.91. The first-order chi connectivity index (χ1) is 11.2. The zero-order valence-electron chi connectivity index (χ0n) is 13.0. The van der Waals surface area contributed by atoms with Crippen molar-refractivity contribution in [2.45, 2.75) is 24.7 Å². The van der Waals surface area contributed by atoms with Gasteiger partial charge in [0.25, 0.3) is 0 Å². The van der Waals surface area contributed by atoms with Crippen molar-refractivity contribution in [3.63, 3.8) is 0 Å². The van der Waals surface area contributed by atoms with Crippen molar-refractivity contribution in [2.24, 2.45) is 7.05 Å². The largest absolute Gasteiger partial charge is 0.313 e. The minimum absolute atomic E-state index is 0.0284. The molecule has 1 fully saturated rings. The fourth-order valence-electron chi connectivity index (χ4n) is 3.53. The number of hydrogen-bond donors (Lipinski definition) is 0. The third-order valence-corrected chi connectivity index (χ3v) is 5.19. The van der Waals surface area contributed by atoms with Crippen molar-refractivity contribution < 1.29 is 0 Å². The molecular weight excluding hydrogens is 306 g/mol. The monoisotopic (exact) mass is 323 g/mol. The van der Waals surface area contributed by atoms with Gasteiger partial charge in [0.15, 0.2) is 5.82 Å². The number of halogens is 1. The van der Waals surface area contributed by atoms with E-state index < -0.39 is 0 Å². The molecule has 3 nitrogen and oxygen atoms in total. The minimum Gasteiger partial charge on any atom is -0.313 e. The number of benzene rings is 2. The van der Waals surface area contributed by atoms with Gasteiger partial charge in [-0.15, -0.1) is 10.2 Å². The van der Waals surface area contributed by atoms with Gasteiger partial charge in [-0.1, -0.05) is 60.5 Å². The molecule has 1 aliphatic rings. The lowest BCUT2D eigenvalue weighted by molar-refractivity contribution is 0.278. The van der Waals surface area contributed by atoms with Gasteiger partial charge in [0.1, 0.15) is 5.82 Å². The highest BCUT2D eigenvalue weighted by Crippen LogP contribution is 2.48. The van der Waals surface area contributed by atoms with E-state index in [9.17, 15) is 0 Å². The Balaban J connectivity index is 1.80. The van der Waals surface area contributed by atoms with Crippen molar-refractivity contribution in [2.75, 3.05) is 0 Å². The third kappa shape index (κ3) is 2.27. The first-order valence-corrected chi connectivity index (χ1v) is 8.30. The molecule has 116 valence electrons. The standard InChI is InChI=1S/C19H18ClN3/c1-23-17(14-6-3-2-4-7-14)21-22-18(23)19(12-5-13-19)15-8-10-16(20)11-9-15/h2-4,6-11H,5,12-13H2,1H3. The van der Waals surface area contributed by atoms with Crippen LogP contribution in [0.15, 0.2) is 54.6 Å². The quantitative estimate of drug-likeness (QED) is 0.705. The van der Waals surface area contributed by atoms with Gasteiger partial charge < -0.3 is 4.57 Å². The highest BCUT2D eigenvalue weighted by Gasteiger charge is 2.44. The summed E-state index contributed by atoms with van der Waals surface area (Å²) in [7, 11) is 2.06. The van der Waals surface area contributed by atoms with Crippen LogP contribution in [0.4, 0.5) is 0 Å². The topological polar surface area (TPSA) is 30.7 Å². The van der Waals surface area contributed by atoms with E-state index in [-0.39, 0.29) is 5.41 Å². The van der Waals surface area contributed by atoms with Crippen molar-refractivity contribution in [1.82, 2.24) is 14.8 Å². The van der Waals surface area contributed by atoms with Crippen molar-refractivity contribution >= 4 is 11.6 Å². The van der Waals surface area contributed by atoms with Gasteiger partial charge in [-0.25, -0.2) is 0 Å². The molecule has 4 heteroatoms. The van der Waals surface area contributed by atoms with Crippen LogP contribution in [-0.2, 0) is 12.5 Å². The Hall–Kier alpha value is -2.13. The smallest absolute Gasteiger partial charge is 0.163 e. The highest BCUT2D eigenvalue weighted by molar-refractivity contribution is 6.30. The minimum atomic E-state index is -0.0284. The van der Waals surface area contributed by atoms with E-state index in [1.807, 2.05) is 30.3 Å². The van der Waals surface area contributed by atoms with Crippen LogP contribution in [0.2, 0.25) is 5.02 Å². The maximum atomic E-state index is 6.05. The van der Waals surface area contributed by atoms with Crippen LogP contribution in [0.3, 0.4) is 0 Å². The van der Waals surface area contributed by atoms with Gasteiger partial charge in [0, 0.05) is 17.6 Å². The zero-order valence-corrected chi connectivity index (χ0v) is 13.8. The summed E-state index contributed by atoms with van der Waals surface area (Å²) in [5.74, 6) is 1.96. The molecule has 0 bridgehead atoms. The Morgan fingerprint density at radius 1 is 0.957 bits per heavy atom. The van der Waals surface area contributed by atoms with Gasteiger partial charge in [-0.3, -0.25) is 0 Å². The summed E-state index contributed by atoms with van der Waals surface area (Å²) < 4.78 is 2.14. The second-order valence-electron chi connectivity index (χ2n) is 6.21. The Kier molecular flexibility index (Phi) is 3.46. The van der Waals surface area contributed by atoms with E-state index in [2.05, 4.69) is 46.1 Å². The first-order valence-electron chi connectivity index (χ1n) is 7.92. The second kappa shape index (κ2) is 5.50. The number of rotatable bonds is 3. The molecule has 0 atom stereocenters. The van der Waals surface area contributed by atoms with Crippen LogP contribution in [-0.4, -0.2) is 14.8 Å². The molecule has 1 aliphatic carbocycles. The fraction of sp³-hybridized carbons (Fsp3) is 0.263. The van der Waals surface area contributed by atoms with E-state index >= 15 is 0 Å². The van der Waals surface area contributed by atoms with E-state index in [1.54, 1.807) is 0 Å². The number of hydrogen-bond acceptors (Lipinski definition) is 2. The predicted molar refractivity (Wildman–Crippen MR) is 92.5 cm³/mol. The summed E-state index contributed by atoms with van der Waals surface area (Å²) >= 11 is 6.05. The summed E-state index contributed by atoms with van der Waals surface area (Å²) in [6.45, 7) is 0. The maximum Gasteiger partial charge on any atom is 0.163 e. The highest BCUT2D eigenvalue weighted by atomic mass is 35.5. The van der Waals surface area contributed by atoms with Crippen molar-refractivity contribution in [3.05, 3.63) is 71.0 Å². The molecule has 1 heterocycles. The first kappa shape index (κ1) is 14.5. The molecule has 0 aliphatic heterocycles. The molecule has 1 aromatic heterocycles. The van der Waals surface area contributed by atoms with E-state index in [4.69, 9.17) is 11.6 Å². The molecule has 2 aromatic carbocycles. The lowest BCUT2D eigenvalue weighted by Gasteiger charge is -2.41. The molecular formula is C19H18ClN3. The number of aromatic nitrogens is 3. The SMILES string of the molecule is Cn1c(-c2ccccc2)nnc1C1(c2ccc(Cl)cc2)CCC1. The summed E-state index contributed by atoms with van der Waals surface area (Å²) in [5, 5.41) is 9.80. The lowest BCUT2D eigenvalue weighted by Crippen LogP contribution is -2.38. The predicted octanol–water partition coefficient (Wildman–Crippen LogP) is 4.61. The lowest BCUT2D eigenvalue weighted by atomic mass is 9.64. The third-order valence-electron chi connectivity index (χ3n) is 4.94. The summed E-state index contributed by atoms with van der Waals surface area (Å²) in [5.41, 5.74) is 2.35. The normalized spacial score (nSPS) is 16.1. The molecule has 0 saturated heterocycles. The van der Waals surface area contributed by atoms with Crippen molar-refractivity contribution in [3.8, 4) is 11.4 Å². The molecule has 23 heavy (non-hydrogen) atoms. The molecule has 0 N–H and O–H groups in total. The average molecular weight is 324 g/mol. The van der Waals surface area contributed by atoms with Gasteiger partial charge in [0.2, 0.25) is 0 Å². The van der Waals surface area contributed by atoms with Gasteiger partial charge in [-0.05, 0) is 30.5 Å². The molecule has 0 radical (unpaired) electrons. The summed E-state index contributed by atoms with van der Waals surface area (Å²) in [6.07, 6.45) is 3.43. The Bertz CT molecular complexity index is 818. The van der Waals surface area contributed by atoms with Gasteiger partial charge >= 0.3 is 0 Å². The van der Waals surface area contributed by atoms with Crippen LogP contribution in [0.5, 0.6) is 0 Å². The molecule has 0 amide bonds. The fourth-order valence-corrected chi connectivity index (χ4v) is 3.65. The van der Waals surface area contributed by atoms with Crippen LogP contribution < -0.4 is 0 Å². The van der Waals surface area contributed by atoms with Gasteiger partial charge in [0.05, 0.1) is 5.41 Å². The molecule has 3 aromatic rings. The molecule has 0 spiro atoms. The Morgan fingerprint density at radius 3 is 2.26 bits per heavy atom. The van der Waals surface area contributed by atoms with Crippen molar-refractivity contribution in [1.29, 1.82) is 0 Å². The van der Waals surface area contributed by atoms with E-state index in [0.717, 1.165) is 35.1 Å². The zero-order chi connectivity index (χ0) is 15.9. The molecule has 1 saturated carbocycles. The Labute approximate surface area is 140 Å². The summed E-state index contributed by atoms with van der Waals surface area (Å²) in [6, 6.07) is 18.4.